The van der Waals surface area contributed by atoms with E-state index >= 15 is 0 Å². The van der Waals surface area contributed by atoms with Gasteiger partial charge in [-0.1, -0.05) is 13.8 Å². The van der Waals surface area contributed by atoms with Crippen LogP contribution in [0, 0.1) is 11.7 Å². The summed E-state index contributed by atoms with van der Waals surface area (Å²) in [7, 11) is 0. The van der Waals surface area contributed by atoms with Gasteiger partial charge < -0.3 is 10.1 Å². The first-order valence-corrected chi connectivity index (χ1v) is 9.09. The SMILES string of the molecule is CC(C)C(=O)Cc1cc(C(=O)NC(C)c2cnc(OCC(F)(F)F)c(F)c2)ccn1. The van der Waals surface area contributed by atoms with Gasteiger partial charge in [0.25, 0.3) is 11.8 Å². The molecule has 0 bridgehead atoms. The summed E-state index contributed by atoms with van der Waals surface area (Å²) >= 11 is 0. The maximum absolute atomic E-state index is 14.0. The van der Waals surface area contributed by atoms with Crippen LogP contribution in [0.1, 0.15) is 48.4 Å². The molecule has 2 heterocycles. The van der Waals surface area contributed by atoms with E-state index < -0.39 is 36.4 Å². The van der Waals surface area contributed by atoms with Crippen molar-refractivity contribution in [3.8, 4) is 5.88 Å². The number of carbonyl (C=O) groups excluding carboxylic acids is 2. The Kier molecular flexibility index (Phi) is 7.47. The third-order valence-electron chi connectivity index (χ3n) is 4.13. The topological polar surface area (TPSA) is 81.2 Å². The Labute approximate surface area is 170 Å². The Bertz CT molecular complexity index is 916. The molecule has 0 radical (unpaired) electrons. The summed E-state index contributed by atoms with van der Waals surface area (Å²) in [6.07, 6.45) is -1.98. The number of halogens is 4. The summed E-state index contributed by atoms with van der Waals surface area (Å²) in [4.78, 5) is 32.0. The average Bonchev–Trinajstić information content (AvgIpc) is 2.66. The van der Waals surface area contributed by atoms with Gasteiger partial charge in [0.15, 0.2) is 12.4 Å². The van der Waals surface area contributed by atoms with E-state index in [0.717, 1.165) is 12.3 Å². The Morgan fingerprint density at radius 3 is 2.47 bits per heavy atom. The van der Waals surface area contributed by atoms with Crippen LogP contribution >= 0.6 is 0 Å². The summed E-state index contributed by atoms with van der Waals surface area (Å²) in [6.45, 7) is 3.45. The van der Waals surface area contributed by atoms with Gasteiger partial charge >= 0.3 is 6.18 Å². The van der Waals surface area contributed by atoms with E-state index in [4.69, 9.17) is 0 Å². The number of ketones is 1. The minimum absolute atomic E-state index is 0.0113. The van der Waals surface area contributed by atoms with E-state index in [9.17, 15) is 27.2 Å². The zero-order chi connectivity index (χ0) is 22.5. The maximum atomic E-state index is 14.0. The largest absolute Gasteiger partial charge is 0.466 e. The van der Waals surface area contributed by atoms with Crippen molar-refractivity contribution < 1.29 is 31.9 Å². The normalized spacial score (nSPS) is 12.5. The monoisotopic (exact) mass is 427 g/mol. The third kappa shape index (κ3) is 6.78. The van der Waals surface area contributed by atoms with Gasteiger partial charge in [-0.15, -0.1) is 0 Å². The standard InChI is InChI=1S/C20H21F4N3O3/c1-11(2)17(28)8-15-6-13(4-5-25-15)18(29)27-12(3)14-7-16(21)19(26-9-14)30-10-20(22,23)24/h4-7,9,11-12H,8,10H2,1-3H3,(H,27,29). The molecule has 2 aromatic heterocycles. The number of nitrogens with zero attached hydrogens (tertiary/aromatic N) is 2. The first kappa shape index (κ1) is 23.2. The number of nitrogens with one attached hydrogen (secondary N) is 1. The molecule has 1 N–H and O–H groups in total. The lowest BCUT2D eigenvalue weighted by Crippen LogP contribution is -2.27. The number of rotatable bonds is 8. The summed E-state index contributed by atoms with van der Waals surface area (Å²) in [5, 5.41) is 2.64. The zero-order valence-electron chi connectivity index (χ0n) is 16.6. The second kappa shape index (κ2) is 9.64. The Balaban J connectivity index is 2.05. The van der Waals surface area contributed by atoms with E-state index in [1.807, 2.05) is 0 Å². The van der Waals surface area contributed by atoms with Crippen LogP contribution in [0.3, 0.4) is 0 Å². The molecule has 0 aliphatic heterocycles. The highest BCUT2D eigenvalue weighted by Crippen LogP contribution is 2.22. The van der Waals surface area contributed by atoms with Crippen molar-refractivity contribution in [3.63, 3.8) is 0 Å². The van der Waals surface area contributed by atoms with Crippen molar-refractivity contribution in [2.75, 3.05) is 6.61 Å². The number of hydrogen-bond acceptors (Lipinski definition) is 5. The van der Waals surface area contributed by atoms with Gasteiger partial charge in [0.05, 0.1) is 6.04 Å². The molecule has 1 unspecified atom stereocenters. The van der Waals surface area contributed by atoms with E-state index in [1.54, 1.807) is 20.8 Å². The summed E-state index contributed by atoms with van der Waals surface area (Å²) in [6, 6.07) is 3.22. The minimum atomic E-state index is -4.61. The van der Waals surface area contributed by atoms with Crippen molar-refractivity contribution in [3.05, 3.63) is 53.2 Å². The van der Waals surface area contributed by atoms with Gasteiger partial charge in [0, 0.05) is 36.0 Å². The van der Waals surface area contributed by atoms with Gasteiger partial charge in [-0.3, -0.25) is 14.6 Å². The highest BCUT2D eigenvalue weighted by molar-refractivity contribution is 5.94. The van der Waals surface area contributed by atoms with E-state index in [2.05, 4.69) is 20.0 Å². The second-order valence-electron chi connectivity index (χ2n) is 6.99. The molecule has 1 amide bonds. The first-order valence-electron chi connectivity index (χ1n) is 9.09. The number of amides is 1. The summed E-state index contributed by atoms with van der Waals surface area (Å²) in [5.74, 6) is -2.50. The van der Waals surface area contributed by atoms with Crippen molar-refractivity contribution in [2.45, 2.75) is 39.4 Å². The van der Waals surface area contributed by atoms with Crippen molar-refractivity contribution in [2.24, 2.45) is 5.92 Å². The quantitative estimate of drug-likeness (QED) is 0.648. The predicted octanol–water partition coefficient (Wildman–Crippen LogP) is 3.82. The molecule has 0 fully saturated rings. The second-order valence-corrected chi connectivity index (χ2v) is 6.99. The molecule has 0 spiro atoms. The van der Waals surface area contributed by atoms with Gasteiger partial charge in [-0.05, 0) is 30.7 Å². The molecule has 2 aromatic rings. The van der Waals surface area contributed by atoms with Gasteiger partial charge in [0.1, 0.15) is 5.78 Å². The van der Waals surface area contributed by atoms with Crippen LogP contribution in [0.5, 0.6) is 5.88 Å². The number of ether oxygens (including phenoxy) is 1. The molecule has 30 heavy (non-hydrogen) atoms. The van der Waals surface area contributed by atoms with Crippen LogP contribution in [0.2, 0.25) is 0 Å². The van der Waals surface area contributed by atoms with Crippen molar-refractivity contribution in [1.29, 1.82) is 0 Å². The van der Waals surface area contributed by atoms with E-state index in [0.29, 0.717) is 5.69 Å². The first-order chi connectivity index (χ1) is 14.0. The molecule has 6 nitrogen and oxygen atoms in total. The molecule has 162 valence electrons. The minimum Gasteiger partial charge on any atom is -0.466 e. The lowest BCUT2D eigenvalue weighted by atomic mass is 10.0. The van der Waals surface area contributed by atoms with Gasteiger partial charge in [-0.2, -0.15) is 13.2 Å². The van der Waals surface area contributed by atoms with Crippen LogP contribution in [0.4, 0.5) is 17.6 Å². The van der Waals surface area contributed by atoms with Crippen LogP contribution < -0.4 is 10.1 Å². The molecule has 0 saturated carbocycles. The fraction of sp³-hybridized carbons (Fsp3) is 0.400. The maximum Gasteiger partial charge on any atom is 0.422 e. The predicted molar refractivity (Wildman–Crippen MR) is 99.4 cm³/mol. The highest BCUT2D eigenvalue weighted by atomic mass is 19.4. The molecule has 10 heteroatoms. The molecule has 1 atom stereocenters. The smallest absolute Gasteiger partial charge is 0.422 e. The molecule has 0 aliphatic rings. The number of pyridine rings is 2. The van der Waals surface area contributed by atoms with Crippen LogP contribution in [0.25, 0.3) is 0 Å². The molecular formula is C20H21F4N3O3. The Morgan fingerprint density at radius 2 is 1.87 bits per heavy atom. The summed E-state index contributed by atoms with van der Waals surface area (Å²) < 4.78 is 54.8. The number of Topliss-reactive ketones (excluding diaryl/α,β-unsaturated/α-hetero) is 1. The van der Waals surface area contributed by atoms with Crippen LogP contribution in [0.15, 0.2) is 30.6 Å². The number of hydrogen-bond donors (Lipinski definition) is 1. The fourth-order valence-corrected chi connectivity index (χ4v) is 2.40. The number of carbonyl (C=O) groups is 2. The number of alkyl halides is 3. The van der Waals surface area contributed by atoms with Gasteiger partial charge in [-0.25, -0.2) is 9.37 Å². The molecule has 0 aliphatic carbocycles. The lowest BCUT2D eigenvalue weighted by Gasteiger charge is -2.16. The van der Waals surface area contributed by atoms with Gasteiger partial charge in [0.2, 0.25) is 0 Å². The van der Waals surface area contributed by atoms with Crippen molar-refractivity contribution >= 4 is 11.7 Å². The summed E-state index contributed by atoms with van der Waals surface area (Å²) in [5.41, 5.74) is 0.958. The van der Waals surface area contributed by atoms with E-state index in [-0.39, 0.29) is 29.2 Å². The van der Waals surface area contributed by atoms with Crippen LogP contribution in [-0.4, -0.2) is 34.4 Å². The van der Waals surface area contributed by atoms with E-state index in [1.165, 1.54) is 18.3 Å². The highest BCUT2D eigenvalue weighted by Gasteiger charge is 2.29. The van der Waals surface area contributed by atoms with Crippen molar-refractivity contribution in [1.82, 2.24) is 15.3 Å². The molecular weight excluding hydrogens is 406 g/mol. The number of aromatic nitrogens is 2. The molecule has 2 rings (SSSR count). The lowest BCUT2D eigenvalue weighted by molar-refractivity contribution is -0.154. The molecule has 0 aromatic carbocycles. The Hall–Kier alpha value is -3.04. The third-order valence-corrected chi connectivity index (χ3v) is 4.13. The zero-order valence-corrected chi connectivity index (χ0v) is 16.6. The Morgan fingerprint density at radius 1 is 1.17 bits per heavy atom. The fourth-order valence-electron chi connectivity index (χ4n) is 2.40. The molecule has 0 saturated heterocycles. The average molecular weight is 427 g/mol. The van der Waals surface area contributed by atoms with Crippen LogP contribution in [-0.2, 0) is 11.2 Å².